The molecule has 3 rings (SSSR count). The zero-order chi connectivity index (χ0) is 15.2. The molecule has 2 aliphatic rings. The molecule has 0 spiro atoms. The maximum atomic E-state index is 12.5. The third-order valence-corrected chi connectivity index (χ3v) is 4.52. The van der Waals surface area contributed by atoms with Crippen molar-refractivity contribution >= 4 is 12.0 Å². The Morgan fingerprint density at radius 2 is 2.00 bits per heavy atom. The lowest BCUT2D eigenvalue weighted by molar-refractivity contribution is 0.0303. The highest BCUT2D eigenvalue weighted by Gasteiger charge is 2.18. The molecule has 0 aromatic carbocycles. The number of morpholine rings is 1. The quantitative estimate of drug-likeness (QED) is 0.861. The van der Waals surface area contributed by atoms with Crippen molar-refractivity contribution in [3.63, 3.8) is 0 Å². The average Bonchev–Trinajstić information content (AvgIpc) is 2.61. The van der Waals surface area contributed by atoms with Crippen LogP contribution < -0.4 is 0 Å². The minimum Gasteiger partial charge on any atom is -0.378 e. The van der Waals surface area contributed by atoms with Crippen LogP contribution in [-0.2, 0) is 4.74 Å². The van der Waals surface area contributed by atoms with E-state index in [0.29, 0.717) is 32.2 Å². The second-order valence-corrected chi connectivity index (χ2v) is 6.13. The van der Waals surface area contributed by atoms with Crippen molar-refractivity contribution < 1.29 is 9.53 Å². The molecule has 1 saturated carbocycles. The van der Waals surface area contributed by atoms with Gasteiger partial charge >= 0.3 is 0 Å². The molecule has 1 aromatic rings. The lowest BCUT2D eigenvalue weighted by Gasteiger charge is -2.26. The molecule has 4 nitrogen and oxygen atoms in total. The molecule has 118 valence electrons. The molecule has 22 heavy (non-hydrogen) atoms. The van der Waals surface area contributed by atoms with E-state index in [2.05, 4.69) is 17.1 Å². The molecule has 1 amide bonds. The Morgan fingerprint density at radius 3 is 2.77 bits per heavy atom. The van der Waals surface area contributed by atoms with Gasteiger partial charge < -0.3 is 9.64 Å². The maximum Gasteiger partial charge on any atom is 0.254 e. The molecule has 2 heterocycles. The van der Waals surface area contributed by atoms with Crippen LogP contribution in [0.25, 0.3) is 6.08 Å². The van der Waals surface area contributed by atoms with Crippen LogP contribution in [-0.4, -0.2) is 42.1 Å². The van der Waals surface area contributed by atoms with Crippen molar-refractivity contribution in [3.05, 3.63) is 35.7 Å². The summed E-state index contributed by atoms with van der Waals surface area (Å²) in [7, 11) is 0. The maximum absolute atomic E-state index is 12.5. The van der Waals surface area contributed by atoms with Crippen molar-refractivity contribution in [1.82, 2.24) is 9.88 Å². The van der Waals surface area contributed by atoms with Crippen LogP contribution >= 0.6 is 0 Å². The summed E-state index contributed by atoms with van der Waals surface area (Å²) in [4.78, 5) is 18.7. The largest absolute Gasteiger partial charge is 0.378 e. The minimum absolute atomic E-state index is 0.0815. The molecule has 1 aromatic heterocycles. The van der Waals surface area contributed by atoms with E-state index in [0.717, 1.165) is 11.3 Å². The minimum atomic E-state index is 0.0815. The first-order chi connectivity index (χ1) is 10.8. The van der Waals surface area contributed by atoms with E-state index in [1.165, 1.54) is 32.1 Å². The monoisotopic (exact) mass is 300 g/mol. The molecule has 0 bridgehead atoms. The van der Waals surface area contributed by atoms with Gasteiger partial charge in [-0.2, -0.15) is 0 Å². The van der Waals surface area contributed by atoms with Crippen LogP contribution in [0.5, 0.6) is 0 Å². The number of amides is 1. The molecule has 0 N–H and O–H groups in total. The van der Waals surface area contributed by atoms with Crippen LogP contribution in [0, 0.1) is 5.92 Å². The lowest BCUT2D eigenvalue weighted by Crippen LogP contribution is -2.40. The normalized spacial score (nSPS) is 20.5. The number of pyridine rings is 1. The van der Waals surface area contributed by atoms with E-state index < -0.39 is 0 Å². The summed E-state index contributed by atoms with van der Waals surface area (Å²) >= 11 is 0. The van der Waals surface area contributed by atoms with E-state index in [1.54, 1.807) is 12.3 Å². The number of nitrogens with zero attached hydrogens (tertiary/aromatic N) is 2. The van der Waals surface area contributed by atoms with Crippen LogP contribution in [0.4, 0.5) is 0 Å². The summed E-state index contributed by atoms with van der Waals surface area (Å²) in [5.74, 6) is 0.757. The van der Waals surface area contributed by atoms with Gasteiger partial charge in [0.25, 0.3) is 5.91 Å². The Bertz CT molecular complexity index is 530. The molecule has 0 unspecified atom stereocenters. The Kier molecular flexibility index (Phi) is 5.22. The Labute approximate surface area is 132 Å². The van der Waals surface area contributed by atoms with Crippen LogP contribution in [0.1, 0.15) is 48.2 Å². The zero-order valence-corrected chi connectivity index (χ0v) is 13.0. The first-order valence-corrected chi connectivity index (χ1v) is 8.34. The van der Waals surface area contributed by atoms with Crippen molar-refractivity contribution in [3.8, 4) is 0 Å². The van der Waals surface area contributed by atoms with E-state index in [4.69, 9.17) is 4.74 Å². The molecule has 1 aliphatic carbocycles. The Hall–Kier alpha value is -1.68. The van der Waals surface area contributed by atoms with Gasteiger partial charge in [-0.25, -0.2) is 0 Å². The lowest BCUT2D eigenvalue weighted by atomic mass is 9.89. The molecule has 1 saturated heterocycles. The highest BCUT2D eigenvalue weighted by molar-refractivity contribution is 5.94. The molecule has 4 heteroatoms. The number of carbonyl (C=O) groups is 1. The molecule has 0 radical (unpaired) electrons. The van der Waals surface area contributed by atoms with Gasteiger partial charge in [0.15, 0.2) is 0 Å². The molecule has 2 fully saturated rings. The average molecular weight is 300 g/mol. The van der Waals surface area contributed by atoms with Crippen molar-refractivity contribution in [2.45, 2.75) is 32.1 Å². The van der Waals surface area contributed by atoms with Crippen LogP contribution in [0.15, 0.2) is 24.4 Å². The van der Waals surface area contributed by atoms with Crippen molar-refractivity contribution in [2.24, 2.45) is 5.92 Å². The number of rotatable bonds is 3. The first-order valence-electron chi connectivity index (χ1n) is 8.34. The van der Waals surface area contributed by atoms with Gasteiger partial charge in [0.1, 0.15) is 0 Å². The topological polar surface area (TPSA) is 42.4 Å². The van der Waals surface area contributed by atoms with Crippen LogP contribution in [0.2, 0.25) is 0 Å². The molecule has 0 atom stereocenters. The van der Waals surface area contributed by atoms with Gasteiger partial charge in [0, 0.05) is 24.8 Å². The van der Waals surface area contributed by atoms with E-state index in [1.807, 2.05) is 11.0 Å². The summed E-state index contributed by atoms with van der Waals surface area (Å²) in [6.45, 7) is 2.61. The van der Waals surface area contributed by atoms with E-state index in [-0.39, 0.29) is 5.91 Å². The Balaban J connectivity index is 1.66. The predicted molar refractivity (Wildman–Crippen MR) is 86.6 cm³/mol. The number of hydrogen-bond donors (Lipinski definition) is 0. The summed E-state index contributed by atoms with van der Waals surface area (Å²) < 4.78 is 5.30. The van der Waals surface area contributed by atoms with Gasteiger partial charge in [-0.15, -0.1) is 0 Å². The third-order valence-electron chi connectivity index (χ3n) is 4.52. The summed E-state index contributed by atoms with van der Waals surface area (Å²) in [5, 5.41) is 0. The standard InChI is InChI=1S/C18H24N2O2/c21-18(20-10-12-22-13-11-20)16-8-9-19-17(14-16)7-6-15-4-2-1-3-5-15/h6-9,14-15H,1-5,10-13H2/b7-6+. The SMILES string of the molecule is O=C(c1ccnc(/C=C/C2CCCCC2)c1)N1CCOCC1. The molecular formula is C18H24N2O2. The van der Waals surface area contributed by atoms with Gasteiger partial charge in [0.2, 0.25) is 0 Å². The smallest absolute Gasteiger partial charge is 0.254 e. The second kappa shape index (κ2) is 7.54. The first kappa shape index (κ1) is 15.2. The zero-order valence-electron chi connectivity index (χ0n) is 13.0. The summed E-state index contributed by atoms with van der Waals surface area (Å²) in [6, 6.07) is 3.70. The van der Waals surface area contributed by atoms with Gasteiger partial charge in [0.05, 0.1) is 18.9 Å². The van der Waals surface area contributed by atoms with Gasteiger partial charge in [-0.05, 0) is 37.0 Å². The fourth-order valence-electron chi connectivity index (χ4n) is 3.18. The summed E-state index contributed by atoms with van der Waals surface area (Å²) in [6.07, 6.45) is 12.7. The predicted octanol–water partition coefficient (Wildman–Crippen LogP) is 3.15. The number of ether oxygens (including phenoxy) is 1. The number of hydrogen-bond acceptors (Lipinski definition) is 3. The fraction of sp³-hybridized carbons (Fsp3) is 0.556. The highest BCUT2D eigenvalue weighted by atomic mass is 16.5. The Morgan fingerprint density at radius 1 is 1.23 bits per heavy atom. The second-order valence-electron chi connectivity index (χ2n) is 6.13. The highest BCUT2D eigenvalue weighted by Crippen LogP contribution is 2.25. The van der Waals surface area contributed by atoms with Crippen molar-refractivity contribution in [1.29, 1.82) is 0 Å². The van der Waals surface area contributed by atoms with E-state index in [9.17, 15) is 4.79 Å². The number of carbonyl (C=O) groups excluding carboxylic acids is 1. The number of aromatic nitrogens is 1. The number of allylic oxidation sites excluding steroid dienone is 1. The van der Waals surface area contributed by atoms with Crippen molar-refractivity contribution in [2.75, 3.05) is 26.3 Å². The van der Waals surface area contributed by atoms with Gasteiger partial charge in [-0.1, -0.05) is 25.3 Å². The molecular weight excluding hydrogens is 276 g/mol. The fourth-order valence-corrected chi connectivity index (χ4v) is 3.18. The van der Waals surface area contributed by atoms with Gasteiger partial charge in [-0.3, -0.25) is 9.78 Å². The summed E-state index contributed by atoms with van der Waals surface area (Å²) in [5.41, 5.74) is 1.60. The van der Waals surface area contributed by atoms with E-state index >= 15 is 0 Å². The van der Waals surface area contributed by atoms with Crippen LogP contribution in [0.3, 0.4) is 0 Å². The molecule has 1 aliphatic heterocycles. The third kappa shape index (κ3) is 3.95.